The minimum absolute atomic E-state index is 0.0815. The first-order chi connectivity index (χ1) is 16.3. The molecule has 1 fully saturated rings. The largest absolute Gasteiger partial charge is 0.439 e. The normalized spacial score (nSPS) is 19.7. The van der Waals surface area contributed by atoms with E-state index in [4.69, 9.17) is 4.74 Å². The quantitative estimate of drug-likeness (QED) is 0.585. The van der Waals surface area contributed by atoms with Crippen LogP contribution in [0.4, 0.5) is 34.1 Å². The maximum Gasteiger partial charge on any atom is 0.415 e. The van der Waals surface area contributed by atoms with E-state index in [2.05, 4.69) is 15.4 Å². The zero-order valence-electron chi connectivity index (χ0n) is 17.9. The zero-order chi connectivity index (χ0) is 24.0. The monoisotopic (exact) mass is 472 g/mol. The molecule has 0 aliphatic carbocycles. The van der Waals surface area contributed by atoms with Crippen LogP contribution in [-0.2, 0) is 17.8 Å². The lowest BCUT2D eigenvalue weighted by Gasteiger charge is -2.34. The second-order valence-electron chi connectivity index (χ2n) is 8.08. The van der Waals surface area contributed by atoms with Gasteiger partial charge in [-0.05, 0) is 24.6 Å². The number of hydrogen-bond acceptors (Lipinski definition) is 5. The molecule has 1 unspecified atom stereocenters. The van der Waals surface area contributed by atoms with Crippen molar-refractivity contribution in [1.82, 2.24) is 19.7 Å². The van der Waals surface area contributed by atoms with Gasteiger partial charge in [-0.1, -0.05) is 0 Å². The molecule has 1 aromatic carbocycles. The summed E-state index contributed by atoms with van der Waals surface area (Å²) < 4.78 is 47.5. The predicted molar refractivity (Wildman–Crippen MR) is 113 cm³/mol. The van der Waals surface area contributed by atoms with Crippen molar-refractivity contribution in [2.45, 2.75) is 32.2 Å². The van der Waals surface area contributed by atoms with Crippen molar-refractivity contribution in [2.24, 2.45) is 0 Å². The third-order valence-electron chi connectivity index (χ3n) is 5.89. The smallest absolute Gasteiger partial charge is 0.415 e. The van der Waals surface area contributed by atoms with Gasteiger partial charge in [0.05, 0.1) is 43.3 Å². The number of fused-ring (bicyclic) bond motifs is 1. The lowest BCUT2D eigenvalue weighted by molar-refractivity contribution is 0.142. The highest BCUT2D eigenvalue weighted by Crippen LogP contribution is 2.34. The molecule has 3 amide bonds. The van der Waals surface area contributed by atoms with E-state index in [-0.39, 0.29) is 24.8 Å². The predicted octanol–water partition coefficient (Wildman–Crippen LogP) is 3.83. The van der Waals surface area contributed by atoms with Gasteiger partial charge in [0.1, 0.15) is 6.10 Å². The Bertz CT molecular complexity index is 1250. The Hall–Kier alpha value is -4.09. The maximum atomic E-state index is 13.5. The van der Waals surface area contributed by atoms with Gasteiger partial charge in [0.25, 0.3) is 0 Å². The fourth-order valence-electron chi connectivity index (χ4n) is 4.12. The summed E-state index contributed by atoms with van der Waals surface area (Å²) in [6.07, 6.45) is 3.76. The molecule has 1 saturated heterocycles. The topological polar surface area (TPSA) is 92.6 Å². The molecule has 5 rings (SSSR count). The summed E-state index contributed by atoms with van der Waals surface area (Å²) in [4.78, 5) is 32.4. The molecule has 0 spiro atoms. The number of benzene rings is 1. The summed E-state index contributed by atoms with van der Waals surface area (Å²) in [6, 6.07) is 4.01. The first-order valence-corrected chi connectivity index (χ1v) is 10.5. The van der Waals surface area contributed by atoms with Crippen LogP contribution in [0.1, 0.15) is 24.3 Å². The Morgan fingerprint density at radius 3 is 2.56 bits per heavy atom. The third kappa shape index (κ3) is 3.80. The molecule has 4 heterocycles. The fourth-order valence-corrected chi connectivity index (χ4v) is 4.12. The number of pyridine rings is 1. The Morgan fingerprint density at radius 1 is 1.15 bits per heavy atom. The van der Waals surface area contributed by atoms with E-state index < -0.39 is 35.7 Å². The van der Waals surface area contributed by atoms with Crippen LogP contribution in [0.3, 0.4) is 0 Å². The lowest BCUT2D eigenvalue weighted by atomic mass is 10.1. The molecule has 0 bridgehead atoms. The molecule has 1 N–H and O–H groups in total. The number of aromatic nitrogens is 3. The second kappa shape index (κ2) is 8.36. The summed E-state index contributed by atoms with van der Waals surface area (Å²) in [6.45, 7) is 2.47. The van der Waals surface area contributed by atoms with E-state index in [9.17, 15) is 22.8 Å². The van der Waals surface area contributed by atoms with Crippen LogP contribution in [0.15, 0.2) is 42.9 Å². The molecule has 0 radical (unpaired) electrons. The molecule has 2 aliphatic rings. The maximum absolute atomic E-state index is 13.5. The molecule has 12 heteroatoms. The van der Waals surface area contributed by atoms with E-state index >= 15 is 0 Å². The van der Waals surface area contributed by atoms with Crippen molar-refractivity contribution in [3.8, 4) is 0 Å². The van der Waals surface area contributed by atoms with Crippen molar-refractivity contribution in [2.75, 3.05) is 16.8 Å². The van der Waals surface area contributed by atoms with Crippen LogP contribution in [0.2, 0.25) is 0 Å². The average Bonchev–Trinajstić information content (AvgIpc) is 3.40. The standard InChI is InChI=1S/C22H19F3N6O3/c1-12-9-31-18(10-29(12)21(32)28-14-6-15(23)20(25)16(24)7-14)17(8-27-31)30-11-19(34-22(30)33)13-2-4-26-5-3-13/h2-8,12,19H,9-11H2,1H3,(H,28,32)/t12-,19?/m0/s1. The van der Waals surface area contributed by atoms with Gasteiger partial charge >= 0.3 is 12.1 Å². The molecule has 176 valence electrons. The van der Waals surface area contributed by atoms with Crippen LogP contribution < -0.4 is 10.2 Å². The van der Waals surface area contributed by atoms with Crippen LogP contribution >= 0.6 is 0 Å². The highest BCUT2D eigenvalue weighted by atomic mass is 19.2. The van der Waals surface area contributed by atoms with E-state index in [1.165, 1.54) is 9.80 Å². The number of hydrogen-bond donors (Lipinski definition) is 1. The van der Waals surface area contributed by atoms with E-state index in [1.54, 1.807) is 42.3 Å². The summed E-state index contributed by atoms with van der Waals surface area (Å²) in [5, 5.41) is 6.75. The second-order valence-corrected chi connectivity index (χ2v) is 8.08. The minimum Gasteiger partial charge on any atom is -0.439 e. The van der Waals surface area contributed by atoms with Gasteiger partial charge in [-0.15, -0.1) is 0 Å². The zero-order valence-corrected chi connectivity index (χ0v) is 17.9. The Balaban J connectivity index is 1.36. The lowest BCUT2D eigenvalue weighted by Crippen LogP contribution is -2.47. The Morgan fingerprint density at radius 2 is 1.85 bits per heavy atom. The van der Waals surface area contributed by atoms with E-state index in [1.807, 2.05) is 0 Å². The number of ether oxygens (including phenoxy) is 1. The number of anilines is 2. The summed E-state index contributed by atoms with van der Waals surface area (Å²) >= 11 is 0. The highest BCUT2D eigenvalue weighted by Gasteiger charge is 2.38. The summed E-state index contributed by atoms with van der Waals surface area (Å²) in [5.41, 5.74) is 1.71. The molecule has 2 atom stereocenters. The van der Waals surface area contributed by atoms with Gasteiger partial charge in [-0.2, -0.15) is 5.10 Å². The number of cyclic esters (lactones) is 1. The number of carbonyl (C=O) groups is 2. The van der Waals surface area contributed by atoms with Crippen LogP contribution in [-0.4, -0.2) is 44.4 Å². The molecule has 3 aromatic rings. The Kier molecular flexibility index (Phi) is 5.34. The number of amides is 3. The number of nitrogens with zero attached hydrogens (tertiary/aromatic N) is 5. The van der Waals surface area contributed by atoms with Crippen molar-refractivity contribution >= 4 is 23.5 Å². The highest BCUT2D eigenvalue weighted by molar-refractivity contribution is 5.92. The molecule has 2 aromatic heterocycles. The van der Waals surface area contributed by atoms with Crippen LogP contribution in [0.25, 0.3) is 0 Å². The van der Waals surface area contributed by atoms with Gasteiger partial charge in [-0.25, -0.2) is 22.8 Å². The van der Waals surface area contributed by atoms with Crippen LogP contribution in [0, 0.1) is 17.5 Å². The third-order valence-corrected chi connectivity index (χ3v) is 5.89. The van der Waals surface area contributed by atoms with Crippen molar-refractivity contribution in [3.05, 3.63) is 71.6 Å². The summed E-state index contributed by atoms with van der Waals surface area (Å²) in [5.74, 6) is -4.42. The number of carbonyl (C=O) groups excluding carboxylic acids is 2. The first kappa shape index (κ1) is 21.7. The summed E-state index contributed by atoms with van der Waals surface area (Å²) in [7, 11) is 0. The van der Waals surface area contributed by atoms with Gasteiger partial charge in [0, 0.05) is 30.2 Å². The molecular formula is C22H19F3N6O3. The van der Waals surface area contributed by atoms with E-state index in [0.717, 1.165) is 5.56 Å². The van der Waals surface area contributed by atoms with Gasteiger partial charge in [-0.3, -0.25) is 14.6 Å². The van der Waals surface area contributed by atoms with Gasteiger partial charge in [0.2, 0.25) is 0 Å². The number of halogens is 3. The SMILES string of the molecule is C[C@H]1Cn2ncc(N3CC(c4ccncc4)OC3=O)c2CN1C(=O)Nc1cc(F)c(F)c(F)c1. The molecule has 2 aliphatic heterocycles. The molecule has 34 heavy (non-hydrogen) atoms. The molecular weight excluding hydrogens is 453 g/mol. The van der Waals surface area contributed by atoms with Crippen molar-refractivity contribution < 1.29 is 27.5 Å². The molecule has 0 saturated carbocycles. The van der Waals surface area contributed by atoms with Crippen molar-refractivity contribution in [3.63, 3.8) is 0 Å². The number of urea groups is 1. The first-order valence-electron chi connectivity index (χ1n) is 10.5. The van der Waals surface area contributed by atoms with Gasteiger partial charge < -0.3 is 15.0 Å². The van der Waals surface area contributed by atoms with Crippen molar-refractivity contribution in [1.29, 1.82) is 0 Å². The minimum atomic E-state index is -1.61. The molecule has 9 nitrogen and oxygen atoms in total. The van der Waals surface area contributed by atoms with E-state index in [0.29, 0.717) is 30.1 Å². The number of rotatable bonds is 3. The fraction of sp³-hybridized carbons (Fsp3) is 0.273. The van der Waals surface area contributed by atoms with Crippen LogP contribution in [0.5, 0.6) is 0 Å². The number of nitrogens with one attached hydrogen (secondary N) is 1. The average molecular weight is 472 g/mol. The Labute approximate surface area is 191 Å². The van der Waals surface area contributed by atoms with Gasteiger partial charge in [0.15, 0.2) is 17.5 Å².